The van der Waals surface area contributed by atoms with Crippen LogP contribution in [0.2, 0.25) is 0 Å². The topological polar surface area (TPSA) is 95.2 Å². The summed E-state index contributed by atoms with van der Waals surface area (Å²) in [6, 6.07) is 2.10. The monoisotopic (exact) mass is 276 g/mol. The number of aromatic carboxylic acids is 1. The Morgan fingerprint density at radius 2 is 2.50 bits per heavy atom. The third-order valence-corrected chi connectivity index (χ3v) is 3.64. The van der Waals surface area contributed by atoms with E-state index in [1.165, 1.54) is 0 Å². The summed E-state index contributed by atoms with van der Waals surface area (Å²) in [4.78, 5) is 13.3. The second kappa shape index (κ2) is 5.09. The quantitative estimate of drug-likeness (QED) is 0.883. The van der Waals surface area contributed by atoms with Crippen molar-refractivity contribution < 1.29 is 14.4 Å². The molecule has 0 bridgehead atoms. The van der Waals surface area contributed by atoms with Crippen molar-refractivity contribution in [1.29, 1.82) is 0 Å². The number of hydrogen-bond acceptors (Lipinski definition) is 5. The summed E-state index contributed by atoms with van der Waals surface area (Å²) < 4.78 is 5.34. The van der Waals surface area contributed by atoms with Crippen LogP contribution in [0.5, 0.6) is 0 Å². The zero-order valence-electron chi connectivity index (χ0n) is 11.2. The van der Waals surface area contributed by atoms with Crippen LogP contribution >= 0.6 is 0 Å². The molecule has 0 unspecified atom stereocenters. The van der Waals surface area contributed by atoms with Gasteiger partial charge in [0.2, 0.25) is 0 Å². The third kappa shape index (κ3) is 2.32. The SMILES string of the molecule is Cc1cc([C@@H]2CCCN2Cc2cn[nH]c2C(=O)O)on1. The molecule has 1 saturated heterocycles. The van der Waals surface area contributed by atoms with E-state index in [4.69, 9.17) is 9.63 Å². The number of likely N-dealkylation sites (tertiary alicyclic amines) is 1. The molecule has 2 aromatic heterocycles. The number of rotatable bonds is 4. The Kier molecular flexibility index (Phi) is 3.27. The van der Waals surface area contributed by atoms with Crippen molar-refractivity contribution in [1.82, 2.24) is 20.3 Å². The van der Waals surface area contributed by atoms with E-state index in [-0.39, 0.29) is 11.7 Å². The lowest BCUT2D eigenvalue weighted by Crippen LogP contribution is -2.23. The van der Waals surface area contributed by atoms with Crippen molar-refractivity contribution in [2.45, 2.75) is 32.4 Å². The van der Waals surface area contributed by atoms with Crippen LogP contribution in [0.4, 0.5) is 0 Å². The van der Waals surface area contributed by atoms with Crippen LogP contribution in [0.1, 0.15) is 46.4 Å². The molecule has 0 saturated carbocycles. The van der Waals surface area contributed by atoms with Crippen molar-refractivity contribution in [3.63, 3.8) is 0 Å². The van der Waals surface area contributed by atoms with Crippen LogP contribution in [0.15, 0.2) is 16.8 Å². The van der Waals surface area contributed by atoms with Gasteiger partial charge in [-0.2, -0.15) is 5.10 Å². The van der Waals surface area contributed by atoms with Crippen molar-refractivity contribution in [2.24, 2.45) is 0 Å². The van der Waals surface area contributed by atoms with Gasteiger partial charge in [-0.3, -0.25) is 10.00 Å². The Morgan fingerprint density at radius 3 is 3.20 bits per heavy atom. The number of nitrogens with one attached hydrogen (secondary N) is 1. The van der Waals surface area contributed by atoms with Crippen molar-refractivity contribution in [3.05, 3.63) is 35.0 Å². The molecule has 106 valence electrons. The molecule has 3 rings (SSSR count). The molecule has 1 aliphatic heterocycles. The molecule has 1 aliphatic rings. The maximum atomic E-state index is 11.1. The molecular weight excluding hydrogens is 260 g/mol. The summed E-state index contributed by atoms with van der Waals surface area (Å²) in [5.41, 5.74) is 1.71. The summed E-state index contributed by atoms with van der Waals surface area (Å²) in [6.07, 6.45) is 3.63. The van der Waals surface area contributed by atoms with Gasteiger partial charge in [0.05, 0.1) is 17.9 Å². The third-order valence-electron chi connectivity index (χ3n) is 3.64. The van der Waals surface area contributed by atoms with Gasteiger partial charge in [0.1, 0.15) is 5.69 Å². The minimum atomic E-state index is -0.983. The van der Waals surface area contributed by atoms with Gasteiger partial charge in [0, 0.05) is 18.2 Å². The predicted octanol–water partition coefficient (Wildman–Crippen LogP) is 1.74. The fourth-order valence-electron chi connectivity index (χ4n) is 2.71. The van der Waals surface area contributed by atoms with E-state index < -0.39 is 5.97 Å². The molecule has 20 heavy (non-hydrogen) atoms. The average Bonchev–Trinajstić information content (AvgIpc) is 3.09. The number of aromatic amines is 1. The number of carboxylic acids is 1. The molecule has 0 aromatic carbocycles. The number of carbonyl (C=O) groups is 1. The van der Waals surface area contributed by atoms with Gasteiger partial charge in [-0.1, -0.05) is 5.16 Å². The number of aryl methyl sites for hydroxylation is 1. The molecule has 0 aliphatic carbocycles. The first-order chi connectivity index (χ1) is 9.65. The lowest BCUT2D eigenvalue weighted by Gasteiger charge is -2.21. The van der Waals surface area contributed by atoms with Gasteiger partial charge in [-0.05, 0) is 26.3 Å². The van der Waals surface area contributed by atoms with Crippen LogP contribution in [0, 0.1) is 6.92 Å². The predicted molar refractivity (Wildman–Crippen MR) is 69.2 cm³/mol. The van der Waals surface area contributed by atoms with E-state index >= 15 is 0 Å². The first-order valence-corrected chi connectivity index (χ1v) is 6.58. The fourth-order valence-corrected chi connectivity index (χ4v) is 2.71. The zero-order chi connectivity index (χ0) is 14.1. The molecule has 3 heterocycles. The number of carboxylic acid groups (broad SMARTS) is 1. The van der Waals surface area contributed by atoms with Gasteiger partial charge < -0.3 is 9.63 Å². The largest absolute Gasteiger partial charge is 0.477 e. The van der Waals surface area contributed by atoms with Gasteiger partial charge in [0.25, 0.3) is 0 Å². The molecular formula is C13H16N4O3. The number of aromatic nitrogens is 3. The first kappa shape index (κ1) is 12.9. The van der Waals surface area contributed by atoms with Gasteiger partial charge in [-0.15, -0.1) is 0 Å². The maximum Gasteiger partial charge on any atom is 0.354 e. The molecule has 0 spiro atoms. The number of hydrogen-bond donors (Lipinski definition) is 2. The summed E-state index contributed by atoms with van der Waals surface area (Å²) in [6.45, 7) is 3.35. The second-order valence-corrected chi connectivity index (χ2v) is 5.07. The van der Waals surface area contributed by atoms with E-state index in [0.717, 1.165) is 30.8 Å². The zero-order valence-corrected chi connectivity index (χ0v) is 11.2. The molecule has 0 amide bonds. The maximum absolute atomic E-state index is 11.1. The lowest BCUT2D eigenvalue weighted by atomic mass is 10.1. The summed E-state index contributed by atoms with van der Waals surface area (Å²) >= 11 is 0. The molecule has 1 fully saturated rings. The Hall–Kier alpha value is -2.15. The minimum Gasteiger partial charge on any atom is -0.477 e. The van der Waals surface area contributed by atoms with E-state index in [9.17, 15) is 4.79 Å². The fraction of sp³-hybridized carbons (Fsp3) is 0.462. The van der Waals surface area contributed by atoms with Crippen LogP contribution in [0.25, 0.3) is 0 Å². The Balaban J connectivity index is 1.79. The van der Waals surface area contributed by atoms with Crippen LogP contribution in [-0.4, -0.2) is 37.9 Å². The summed E-state index contributed by atoms with van der Waals surface area (Å²) in [7, 11) is 0. The molecule has 7 heteroatoms. The lowest BCUT2D eigenvalue weighted by molar-refractivity contribution is 0.0687. The number of nitrogens with zero attached hydrogens (tertiary/aromatic N) is 3. The molecule has 1 atom stereocenters. The molecule has 2 N–H and O–H groups in total. The Labute approximate surface area is 115 Å². The van der Waals surface area contributed by atoms with Gasteiger partial charge in [-0.25, -0.2) is 4.79 Å². The average molecular weight is 276 g/mol. The second-order valence-electron chi connectivity index (χ2n) is 5.07. The highest BCUT2D eigenvalue weighted by atomic mass is 16.5. The van der Waals surface area contributed by atoms with Crippen LogP contribution in [-0.2, 0) is 6.54 Å². The van der Waals surface area contributed by atoms with E-state index in [0.29, 0.717) is 12.1 Å². The highest BCUT2D eigenvalue weighted by molar-refractivity contribution is 5.86. The highest BCUT2D eigenvalue weighted by Gasteiger charge is 2.30. The summed E-state index contributed by atoms with van der Waals surface area (Å²) in [5, 5.41) is 19.4. The van der Waals surface area contributed by atoms with E-state index in [1.54, 1.807) is 6.20 Å². The summed E-state index contributed by atoms with van der Waals surface area (Å²) in [5.74, 6) is -0.135. The smallest absolute Gasteiger partial charge is 0.354 e. The van der Waals surface area contributed by atoms with Gasteiger partial charge in [0.15, 0.2) is 5.76 Å². The van der Waals surface area contributed by atoms with Crippen molar-refractivity contribution in [3.8, 4) is 0 Å². The van der Waals surface area contributed by atoms with Crippen LogP contribution in [0.3, 0.4) is 0 Å². The molecule has 7 nitrogen and oxygen atoms in total. The van der Waals surface area contributed by atoms with E-state index in [2.05, 4.69) is 20.3 Å². The van der Waals surface area contributed by atoms with Gasteiger partial charge >= 0.3 is 5.97 Å². The van der Waals surface area contributed by atoms with Crippen LogP contribution < -0.4 is 0 Å². The van der Waals surface area contributed by atoms with Crippen molar-refractivity contribution in [2.75, 3.05) is 6.54 Å². The number of H-pyrrole nitrogens is 1. The molecule has 2 aromatic rings. The normalized spacial score (nSPS) is 19.6. The standard InChI is InChI=1S/C13H16N4O3/c1-8-5-11(20-16-8)10-3-2-4-17(10)7-9-6-14-15-12(9)13(18)19/h5-6,10H,2-4,7H2,1H3,(H,14,15)(H,18,19)/t10-/m0/s1. The van der Waals surface area contributed by atoms with Crippen molar-refractivity contribution >= 4 is 5.97 Å². The Bertz CT molecular complexity index is 619. The first-order valence-electron chi connectivity index (χ1n) is 6.58. The minimum absolute atomic E-state index is 0.157. The highest BCUT2D eigenvalue weighted by Crippen LogP contribution is 2.33. The Morgan fingerprint density at radius 1 is 1.65 bits per heavy atom. The molecule has 0 radical (unpaired) electrons. The van der Waals surface area contributed by atoms with E-state index in [1.807, 2.05) is 13.0 Å².